The SMILES string of the molecule is C[C@]1(CC(=O)O)CC[C@@H](c2ccc(Cl)cc2)N(C(CNS(=O)Cc2ccccn2)C2CC2)C1=O. The van der Waals surface area contributed by atoms with Crippen LogP contribution in [-0.2, 0) is 26.3 Å². The minimum absolute atomic E-state index is 0.143. The summed E-state index contributed by atoms with van der Waals surface area (Å²) in [7, 11) is -1.35. The zero-order chi connectivity index (χ0) is 24.3. The molecule has 2 unspecified atom stereocenters. The number of hydrogen-bond donors (Lipinski definition) is 2. The van der Waals surface area contributed by atoms with Crippen molar-refractivity contribution < 1.29 is 18.9 Å². The van der Waals surface area contributed by atoms with Crippen molar-refractivity contribution in [3.05, 3.63) is 64.9 Å². The van der Waals surface area contributed by atoms with E-state index in [1.807, 2.05) is 47.4 Å². The number of piperidine rings is 1. The Hall–Kier alpha value is -2.29. The first-order valence-electron chi connectivity index (χ1n) is 11.6. The van der Waals surface area contributed by atoms with Crippen molar-refractivity contribution in [1.82, 2.24) is 14.6 Å². The number of hydrogen-bond acceptors (Lipinski definition) is 4. The molecule has 2 aliphatic rings. The lowest BCUT2D eigenvalue weighted by molar-refractivity contribution is -0.159. The van der Waals surface area contributed by atoms with Crippen LogP contribution in [0.2, 0.25) is 5.02 Å². The first-order valence-corrected chi connectivity index (χ1v) is 13.3. The number of carbonyl (C=O) groups excluding carboxylic acids is 1. The molecular weight excluding hydrogens is 474 g/mol. The molecule has 1 aromatic carbocycles. The predicted octanol–water partition coefficient (Wildman–Crippen LogP) is 4.11. The highest BCUT2D eigenvalue weighted by atomic mass is 35.5. The van der Waals surface area contributed by atoms with E-state index in [0.717, 1.165) is 24.1 Å². The number of benzene rings is 1. The molecule has 1 saturated carbocycles. The Morgan fingerprint density at radius 3 is 2.62 bits per heavy atom. The number of likely N-dealkylation sites (tertiary alicyclic amines) is 1. The molecule has 0 spiro atoms. The molecule has 4 atom stereocenters. The Balaban J connectivity index is 1.58. The highest BCUT2D eigenvalue weighted by molar-refractivity contribution is 7.82. The Bertz CT molecular complexity index is 1050. The minimum atomic E-state index is -1.35. The number of aliphatic carboxylic acids is 1. The number of aromatic nitrogens is 1. The molecule has 2 aromatic rings. The first-order chi connectivity index (χ1) is 16.3. The monoisotopic (exact) mass is 503 g/mol. The van der Waals surface area contributed by atoms with Crippen LogP contribution in [0.1, 0.15) is 56.3 Å². The van der Waals surface area contributed by atoms with Crippen LogP contribution in [0.5, 0.6) is 0 Å². The van der Waals surface area contributed by atoms with Crippen molar-refractivity contribution in [2.24, 2.45) is 11.3 Å². The van der Waals surface area contributed by atoms with E-state index in [4.69, 9.17) is 11.6 Å². The van der Waals surface area contributed by atoms with Crippen molar-refractivity contribution in [2.45, 2.75) is 56.9 Å². The van der Waals surface area contributed by atoms with Gasteiger partial charge >= 0.3 is 5.97 Å². The lowest BCUT2D eigenvalue weighted by Crippen LogP contribution is -2.56. The molecule has 1 amide bonds. The Morgan fingerprint density at radius 2 is 2.00 bits per heavy atom. The lowest BCUT2D eigenvalue weighted by atomic mass is 9.74. The molecule has 4 rings (SSSR count). The summed E-state index contributed by atoms with van der Waals surface area (Å²) in [6.45, 7) is 2.13. The molecule has 2 heterocycles. The lowest BCUT2D eigenvalue weighted by Gasteiger charge is -2.48. The summed E-state index contributed by atoms with van der Waals surface area (Å²) in [6, 6.07) is 12.7. The second-order valence-corrected chi connectivity index (χ2v) is 11.2. The van der Waals surface area contributed by atoms with Gasteiger partial charge in [0, 0.05) is 23.8 Å². The van der Waals surface area contributed by atoms with Gasteiger partial charge in [-0.3, -0.25) is 14.6 Å². The zero-order valence-electron chi connectivity index (χ0n) is 19.2. The molecule has 7 nitrogen and oxygen atoms in total. The van der Waals surface area contributed by atoms with Crippen LogP contribution in [0.3, 0.4) is 0 Å². The minimum Gasteiger partial charge on any atom is -0.481 e. The zero-order valence-corrected chi connectivity index (χ0v) is 20.7. The van der Waals surface area contributed by atoms with Gasteiger partial charge in [-0.25, -0.2) is 8.93 Å². The first kappa shape index (κ1) is 24.8. The van der Waals surface area contributed by atoms with Gasteiger partial charge in [0.1, 0.15) is 0 Å². The van der Waals surface area contributed by atoms with Crippen LogP contribution in [0.25, 0.3) is 0 Å². The van der Waals surface area contributed by atoms with Crippen LogP contribution in [0.15, 0.2) is 48.7 Å². The van der Waals surface area contributed by atoms with Gasteiger partial charge in [-0.1, -0.05) is 36.7 Å². The third-order valence-corrected chi connectivity index (χ3v) is 8.13. The maximum atomic E-state index is 13.9. The molecule has 1 aliphatic heterocycles. The van der Waals surface area contributed by atoms with Crippen LogP contribution >= 0.6 is 11.6 Å². The van der Waals surface area contributed by atoms with E-state index in [2.05, 4.69) is 9.71 Å². The van der Waals surface area contributed by atoms with Crippen molar-refractivity contribution in [3.63, 3.8) is 0 Å². The van der Waals surface area contributed by atoms with E-state index in [1.54, 1.807) is 13.1 Å². The quantitative estimate of drug-likeness (QED) is 0.508. The number of amides is 1. The fourth-order valence-corrected chi connectivity index (χ4v) is 5.89. The largest absolute Gasteiger partial charge is 0.481 e. The summed E-state index contributed by atoms with van der Waals surface area (Å²) < 4.78 is 15.9. The fourth-order valence-electron chi connectivity index (χ4n) is 4.87. The van der Waals surface area contributed by atoms with Crippen LogP contribution in [0.4, 0.5) is 0 Å². The van der Waals surface area contributed by atoms with Crippen molar-refractivity contribution >= 4 is 34.5 Å². The predicted molar refractivity (Wildman–Crippen MR) is 131 cm³/mol. The van der Waals surface area contributed by atoms with Gasteiger partial charge in [-0.15, -0.1) is 0 Å². The number of carbonyl (C=O) groups is 2. The van der Waals surface area contributed by atoms with E-state index in [-0.39, 0.29) is 30.2 Å². The van der Waals surface area contributed by atoms with Crippen molar-refractivity contribution in [1.29, 1.82) is 0 Å². The summed E-state index contributed by atoms with van der Waals surface area (Å²) in [5.41, 5.74) is 0.753. The molecule has 2 fully saturated rings. The average Bonchev–Trinajstić information content (AvgIpc) is 3.63. The standard InChI is InChI=1S/C25H30ClN3O4S/c1-25(14-23(30)31)12-11-21(17-7-9-19(26)10-8-17)29(24(25)32)22(18-5-6-18)15-28-34(33)16-20-4-2-3-13-27-20/h2-4,7-10,13,18,21-22,28H,5-6,11-12,14-16H2,1H3,(H,30,31)/t21-,22?,25+,34?/m0/s1. The molecule has 2 N–H and O–H groups in total. The number of nitrogens with one attached hydrogen (secondary N) is 1. The van der Waals surface area contributed by atoms with Crippen LogP contribution in [0, 0.1) is 11.3 Å². The molecule has 0 radical (unpaired) electrons. The topological polar surface area (TPSA) is 99.6 Å². The molecule has 1 aliphatic carbocycles. The van der Waals surface area contributed by atoms with Gasteiger partial charge in [-0.05, 0) is 61.4 Å². The maximum Gasteiger partial charge on any atom is 0.304 e. The van der Waals surface area contributed by atoms with E-state index in [0.29, 0.717) is 30.3 Å². The van der Waals surface area contributed by atoms with E-state index >= 15 is 0 Å². The van der Waals surface area contributed by atoms with E-state index in [9.17, 15) is 18.9 Å². The number of nitrogens with zero attached hydrogens (tertiary/aromatic N) is 2. The van der Waals surface area contributed by atoms with Crippen molar-refractivity contribution in [3.8, 4) is 0 Å². The summed E-state index contributed by atoms with van der Waals surface area (Å²) >= 11 is 6.10. The van der Waals surface area contributed by atoms with Gasteiger partial charge in [0.2, 0.25) is 5.91 Å². The summed E-state index contributed by atoms with van der Waals surface area (Å²) in [5, 5.41) is 10.1. The van der Waals surface area contributed by atoms with Gasteiger partial charge in [0.25, 0.3) is 0 Å². The molecule has 0 bridgehead atoms. The van der Waals surface area contributed by atoms with Crippen molar-refractivity contribution in [2.75, 3.05) is 6.54 Å². The third-order valence-electron chi connectivity index (χ3n) is 6.83. The maximum absolute atomic E-state index is 13.9. The normalized spacial score (nSPS) is 24.6. The second-order valence-electron chi connectivity index (χ2n) is 9.51. The molecule has 9 heteroatoms. The third kappa shape index (κ3) is 5.85. The van der Waals surface area contributed by atoms with Crippen LogP contribution in [-0.4, -0.2) is 43.7 Å². The second kappa shape index (κ2) is 10.5. The highest BCUT2D eigenvalue weighted by Gasteiger charge is 2.50. The molecular formula is C25H30ClN3O4S. The Morgan fingerprint density at radius 1 is 1.26 bits per heavy atom. The highest BCUT2D eigenvalue weighted by Crippen LogP contribution is 2.47. The van der Waals surface area contributed by atoms with Crippen LogP contribution < -0.4 is 4.72 Å². The molecule has 1 saturated heterocycles. The Kier molecular flexibility index (Phi) is 7.70. The van der Waals surface area contributed by atoms with Gasteiger partial charge in [0.05, 0.1) is 40.3 Å². The smallest absolute Gasteiger partial charge is 0.304 e. The number of carboxylic acids is 1. The number of halogens is 1. The van der Waals surface area contributed by atoms with E-state index in [1.165, 1.54) is 0 Å². The summed E-state index contributed by atoms with van der Waals surface area (Å²) in [4.78, 5) is 31.6. The summed E-state index contributed by atoms with van der Waals surface area (Å²) in [6.07, 6.45) is 4.62. The number of rotatable bonds is 10. The molecule has 34 heavy (non-hydrogen) atoms. The average molecular weight is 504 g/mol. The molecule has 182 valence electrons. The number of pyridine rings is 1. The summed E-state index contributed by atoms with van der Waals surface area (Å²) in [5.74, 6) is -0.539. The Labute approximate surface area is 207 Å². The number of carboxylic acid groups (broad SMARTS) is 1. The van der Waals surface area contributed by atoms with Gasteiger partial charge in [-0.2, -0.15) is 0 Å². The van der Waals surface area contributed by atoms with E-state index < -0.39 is 22.4 Å². The van der Waals surface area contributed by atoms with Gasteiger partial charge < -0.3 is 10.0 Å². The fraction of sp³-hybridized carbons (Fsp3) is 0.480. The molecule has 1 aromatic heterocycles. The van der Waals surface area contributed by atoms with Gasteiger partial charge in [0.15, 0.2) is 0 Å².